The van der Waals surface area contributed by atoms with Crippen LogP contribution in [0.4, 0.5) is 0 Å². The molecule has 0 spiro atoms. The van der Waals surface area contributed by atoms with Crippen molar-refractivity contribution in [3.63, 3.8) is 0 Å². The summed E-state index contributed by atoms with van der Waals surface area (Å²) in [5.74, 6) is 0. The number of nitrogens with two attached hydrogens (primary N) is 1. The number of aryl methyl sites for hydroxylation is 1. The Hall–Kier alpha value is -0.970. The van der Waals surface area contributed by atoms with Crippen molar-refractivity contribution in [2.75, 3.05) is 33.4 Å². The van der Waals surface area contributed by atoms with E-state index in [9.17, 15) is 0 Å². The summed E-state index contributed by atoms with van der Waals surface area (Å²) in [6.07, 6.45) is 4.34. The minimum Gasteiger partial charge on any atom is -0.393 e. The Morgan fingerprint density at radius 3 is 2.55 bits per heavy atom. The molecule has 0 aliphatic rings. The average molecular weight is 294 g/mol. The fraction of sp³-hybridized carbons (Fsp3) is 0.562. The quantitative estimate of drug-likeness (QED) is 0.503. The highest BCUT2D eigenvalue weighted by molar-refractivity contribution is 7.80. The number of methoxy groups -OCH3 is 1. The van der Waals surface area contributed by atoms with Gasteiger partial charge in [-0.1, -0.05) is 42.5 Å². The van der Waals surface area contributed by atoms with Crippen molar-refractivity contribution in [2.45, 2.75) is 25.7 Å². The van der Waals surface area contributed by atoms with Gasteiger partial charge >= 0.3 is 0 Å². The number of ether oxygens (including phenoxy) is 1. The molecule has 112 valence electrons. The molecule has 2 N–H and O–H groups in total. The first-order valence-electron chi connectivity index (χ1n) is 7.26. The van der Waals surface area contributed by atoms with E-state index in [0.717, 1.165) is 39.1 Å². The molecule has 4 heteroatoms. The van der Waals surface area contributed by atoms with Crippen LogP contribution < -0.4 is 5.73 Å². The SMILES string of the molecule is COCCN(CCCCc1ccccc1)CCC(N)=S. The van der Waals surface area contributed by atoms with Gasteiger partial charge in [-0.3, -0.25) is 0 Å². The smallest absolute Gasteiger partial charge is 0.0740 e. The third-order valence-electron chi connectivity index (χ3n) is 3.32. The molecule has 0 radical (unpaired) electrons. The Morgan fingerprint density at radius 1 is 1.15 bits per heavy atom. The molecule has 0 atom stereocenters. The third kappa shape index (κ3) is 8.25. The summed E-state index contributed by atoms with van der Waals surface area (Å²) in [5.41, 5.74) is 6.99. The van der Waals surface area contributed by atoms with Gasteiger partial charge in [-0.25, -0.2) is 0 Å². The van der Waals surface area contributed by atoms with Crippen LogP contribution in [0.1, 0.15) is 24.8 Å². The van der Waals surface area contributed by atoms with Gasteiger partial charge in [-0.2, -0.15) is 0 Å². The number of unbranched alkanes of at least 4 members (excludes halogenated alkanes) is 1. The highest BCUT2D eigenvalue weighted by atomic mass is 32.1. The van der Waals surface area contributed by atoms with Crippen molar-refractivity contribution < 1.29 is 4.74 Å². The molecule has 0 aromatic heterocycles. The fourth-order valence-electron chi connectivity index (χ4n) is 2.13. The van der Waals surface area contributed by atoms with Crippen LogP contribution in [0.3, 0.4) is 0 Å². The van der Waals surface area contributed by atoms with Crippen molar-refractivity contribution in [3.8, 4) is 0 Å². The topological polar surface area (TPSA) is 38.5 Å². The molecular formula is C16H26N2OS. The maximum atomic E-state index is 5.57. The highest BCUT2D eigenvalue weighted by Crippen LogP contribution is 2.05. The van der Waals surface area contributed by atoms with Crippen LogP contribution >= 0.6 is 12.2 Å². The lowest BCUT2D eigenvalue weighted by Gasteiger charge is -2.21. The second-order valence-corrected chi connectivity index (χ2v) is 5.52. The van der Waals surface area contributed by atoms with Gasteiger partial charge in [0.05, 0.1) is 11.6 Å². The first-order valence-corrected chi connectivity index (χ1v) is 7.66. The van der Waals surface area contributed by atoms with Crippen LogP contribution in [0.25, 0.3) is 0 Å². The fourth-order valence-corrected chi connectivity index (χ4v) is 2.22. The maximum Gasteiger partial charge on any atom is 0.0740 e. The van der Waals surface area contributed by atoms with E-state index >= 15 is 0 Å². The van der Waals surface area contributed by atoms with Crippen molar-refractivity contribution >= 4 is 17.2 Å². The zero-order chi connectivity index (χ0) is 14.6. The predicted molar refractivity (Wildman–Crippen MR) is 89.1 cm³/mol. The lowest BCUT2D eigenvalue weighted by Crippen LogP contribution is -2.31. The predicted octanol–water partition coefficient (Wildman–Crippen LogP) is 2.63. The monoisotopic (exact) mass is 294 g/mol. The van der Waals surface area contributed by atoms with Crippen LogP contribution in [0.15, 0.2) is 30.3 Å². The lowest BCUT2D eigenvalue weighted by molar-refractivity contribution is 0.148. The van der Waals surface area contributed by atoms with E-state index in [0.29, 0.717) is 4.99 Å². The zero-order valence-corrected chi connectivity index (χ0v) is 13.2. The Bertz CT molecular complexity index is 370. The molecule has 0 saturated carbocycles. The normalized spacial score (nSPS) is 10.9. The molecule has 0 amide bonds. The minimum absolute atomic E-state index is 0.594. The second-order valence-electron chi connectivity index (χ2n) is 4.99. The van der Waals surface area contributed by atoms with Crippen LogP contribution in [0.5, 0.6) is 0 Å². The van der Waals surface area contributed by atoms with E-state index in [1.165, 1.54) is 18.4 Å². The van der Waals surface area contributed by atoms with Gasteiger partial charge < -0.3 is 15.4 Å². The molecule has 1 aromatic rings. The molecule has 0 unspecified atom stereocenters. The summed E-state index contributed by atoms with van der Waals surface area (Å²) < 4.78 is 5.15. The largest absolute Gasteiger partial charge is 0.393 e. The van der Waals surface area contributed by atoms with Crippen LogP contribution in [-0.4, -0.2) is 43.2 Å². The Kier molecular flexibility index (Phi) is 9.20. The second kappa shape index (κ2) is 10.8. The number of benzene rings is 1. The average Bonchev–Trinajstić information content (AvgIpc) is 2.46. The summed E-state index contributed by atoms with van der Waals surface area (Å²) in [5, 5.41) is 0. The number of hydrogen-bond acceptors (Lipinski definition) is 3. The molecule has 1 rings (SSSR count). The molecule has 0 saturated heterocycles. The molecule has 0 aliphatic heterocycles. The van der Waals surface area contributed by atoms with E-state index < -0.39 is 0 Å². The summed E-state index contributed by atoms with van der Waals surface area (Å²) in [6.45, 7) is 3.73. The summed E-state index contributed by atoms with van der Waals surface area (Å²) in [7, 11) is 1.74. The van der Waals surface area contributed by atoms with E-state index in [4.69, 9.17) is 22.7 Å². The summed E-state index contributed by atoms with van der Waals surface area (Å²) in [4.78, 5) is 2.98. The molecule has 1 aromatic carbocycles. The first kappa shape index (κ1) is 17.1. The van der Waals surface area contributed by atoms with Gasteiger partial charge in [0.1, 0.15) is 0 Å². The molecular weight excluding hydrogens is 268 g/mol. The third-order valence-corrected chi connectivity index (χ3v) is 3.52. The molecule has 3 nitrogen and oxygen atoms in total. The van der Waals surface area contributed by atoms with Crippen LogP contribution in [-0.2, 0) is 11.2 Å². The Labute approximate surface area is 128 Å². The van der Waals surface area contributed by atoms with E-state index in [1.54, 1.807) is 7.11 Å². The molecule has 20 heavy (non-hydrogen) atoms. The zero-order valence-electron chi connectivity index (χ0n) is 12.4. The van der Waals surface area contributed by atoms with Gasteiger partial charge in [0.15, 0.2) is 0 Å². The standard InChI is InChI=1S/C16H26N2OS/c1-19-14-13-18(12-10-16(17)20)11-6-5-9-15-7-3-2-4-8-15/h2-4,7-8H,5-6,9-14H2,1H3,(H2,17,20). The number of rotatable bonds is 11. The Balaban J connectivity index is 2.21. The maximum absolute atomic E-state index is 5.57. The van der Waals surface area contributed by atoms with Crippen molar-refractivity contribution in [3.05, 3.63) is 35.9 Å². The van der Waals surface area contributed by atoms with Crippen molar-refractivity contribution in [2.24, 2.45) is 5.73 Å². The summed E-state index contributed by atoms with van der Waals surface area (Å²) in [6, 6.07) is 10.6. The number of nitrogens with zero attached hydrogens (tertiary/aromatic N) is 1. The van der Waals surface area contributed by atoms with Gasteiger partial charge in [-0.15, -0.1) is 0 Å². The van der Waals surface area contributed by atoms with Crippen LogP contribution in [0.2, 0.25) is 0 Å². The summed E-state index contributed by atoms with van der Waals surface area (Å²) >= 11 is 4.95. The lowest BCUT2D eigenvalue weighted by atomic mass is 10.1. The van der Waals surface area contributed by atoms with E-state index in [-0.39, 0.29) is 0 Å². The molecule has 0 fully saturated rings. The first-order chi connectivity index (χ1) is 9.72. The van der Waals surface area contributed by atoms with Crippen LogP contribution in [0, 0.1) is 0 Å². The minimum atomic E-state index is 0.594. The number of thiocarbonyl (C=S) groups is 1. The van der Waals surface area contributed by atoms with Gasteiger partial charge in [0, 0.05) is 26.6 Å². The van der Waals surface area contributed by atoms with Gasteiger partial charge in [-0.05, 0) is 31.4 Å². The molecule has 0 heterocycles. The molecule has 0 aliphatic carbocycles. The molecule has 0 bridgehead atoms. The number of hydrogen-bond donors (Lipinski definition) is 1. The Morgan fingerprint density at radius 2 is 1.90 bits per heavy atom. The van der Waals surface area contributed by atoms with Crippen molar-refractivity contribution in [1.29, 1.82) is 0 Å². The van der Waals surface area contributed by atoms with E-state index in [1.807, 2.05) is 0 Å². The van der Waals surface area contributed by atoms with Gasteiger partial charge in [0.25, 0.3) is 0 Å². The highest BCUT2D eigenvalue weighted by Gasteiger charge is 2.05. The van der Waals surface area contributed by atoms with E-state index in [2.05, 4.69) is 35.2 Å². The van der Waals surface area contributed by atoms with Crippen molar-refractivity contribution in [1.82, 2.24) is 4.90 Å². The van der Waals surface area contributed by atoms with Gasteiger partial charge in [0.2, 0.25) is 0 Å².